The van der Waals surface area contributed by atoms with Crippen molar-refractivity contribution in [2.45, 2.75) is 13.8 Å². The van der Waals surface area contributed by atoms with Crippen molar-refractivity contribution < 1.29 is 13.9 Å². The van der Waals surface area contributed by atoms with Gasteiger partial charge in [-0.15, -0.1) is 0 Å². The van der Waals surface area contributed by atoms with E-state index in [-0.39, 0.29) is 17.4 Å². The summed E-state index contributed by atoms with van der Waals surface area (Å²) in [6, 6.07) is 4.25. The van der Waals surface area contributed by atoms with Gasteiger partial charge in [0.2, 0.25) is 0 Å². The molecule has 0 aromatic heterocycles. The van der Waals surface area contributed by atoms with E-state index in [0.29, 0.717) is 25.4 Å². The van der Waals surface area contributed by atoms with Crippen LogP contribution in [-0.2, 0) is 0 Å². The van der Waals surface area contributed by atoms with Crippen molar-refractivity contribution in [1.29, 1.82) is 0 Å². The summed E-state index contributed by atoms with van der Waals surface area (Å²) in [4.78, 5) is 13.9. The Bertz CT molecular complexity index is 437. The van der Waals surface area contributed by atoms with Crippen LogP contribution in [0.15, 0.2) is 18.2 Å². The zero-order valence-electron chi connectivity index (χ0n) is 11.6. The second-order valence-electron chi connectivity index (χ2n) is 4.53. The van der Waals surface area contributed by atoms with Crippen molar-refractivity contribution in [3.63, 3.8) is 0 Å². The Morgan fingerprint density at radius 1 is 1.53 bits per heavy atom. The smallest absolute Gasteiger partial charge is 0.256 e. The van der Waals surface area contributed by atoms with Crippen molar-refractivity contribution in [1.82, 2.24) is 4.90 Å². The lowest BCUT2D eigenvalue weighted by Crippen LogP contribution is -2.37. The summed E-state index contributed by atoms with van der Waals surface area (Å²) in [6.45, 7) is 5.36. The van der Waals surface area contributed by atoms with Crippen LogP contribution in [0.5, 0.6) is 5.75 Å². The number of hydrogen-bond acceptors (Lipinski definition) is 3. The summed E-state index contributed by atoms with van der Waals surface area (Å²) < 4.78 is 18.8. The highest BCUT2D eigenvalue weighted by Gasteiger charge is 2.19. The Hall–Kier alpha value is -1.62. The predicted molar refractivity (Wildman–Crippen MR) is 72.7 cm³/mol. The van der Waals surface area contributed by atoms with Gasteiger partial charge in [-0.25, -0.2) is 4.39 Å². The summed E-state index contributed by atoms with van der Waals surface area (Å²) in [5.41, 5.74) is 5.61. The van der Waals surface area contributed by atoms with Gasteiger partial charge in [0.25, 0.3) is 5.91 Å². The van der Waals surface area contributed by atoms with Crippen LogP contribution in [0, 0.1) is 11.7 Å². The van der Waals surface area contributed by atoms with E-state index in [4.69, 9.17) is 10.5 Å². The molecule has 1 unspecified atom stereocenters. The zero-order valence-corrected chi connectivity index (χ0v) is 11.6. The number of nitrogens with zero attached hydrogens (tertiary/aromatic N) is 1. The van der Waals surface area contributed by atoms with E-state index in [1.807, 2.05) is 13.8 Å². The fourth-order valence-electron chi connectivity index (χ4n) is 1.77. The van der Waals surface area contributed by atoms with E-state index in [1.165, 1.54) is 19.2 Å². The zero-order chi connectivity index (χ0) is 14.4. The van der Waals surface area contributed by atoms with Crippen LogP contribution in [0.3, 0.4) is 0 Å². The van der Waals surface area contributed by atoms with Crippen molar-refractivity contribution >= 4 is 5.91 Å². The molecule has 1 amide bonds. The van der Waals surface area contributed by atoms with E-state index in [1.54, 1.807) is 11.0 Å². The Morgan fingerprint density at radius 2 is 2.21 bits per heavy atom. The highest BCUT2D eigenvalue weighted by Crippen LogP contribution is 2.18. The molecular formula is C14H21FN2O2. The Labute approximate surface area is 113 Å². The predicted octanol–water partition coefficient (Wildman–Crippen LogP) is 1.89. The molecule has 0 aliphatic heterocycles. The first-order valence-corrected chi connectivity index (χ1v) is 6.36. The number of benzene rings is 1. The van der Waals surface area contributed by atoms with E-state index >= 15 is 0 Å². The minimum atomic E-state index is -0.566. The first-order chi connectivity index (χ1) is 9.03. The van der Waals surface area contributed by atoms with Gasteiger partial charge < -0.3 is 15.4 Å². The normalized spacial score (nSPS) is 12.1. The molecule has 1 aromatic rings. The number of hydrogen-bond donors (Lipinski definition) is 1. The number of nitrogens with two attached hydrogens (primary N) is 1. The average molecular weight is 268 g/mol. The molecule has 0 aliphatic rings. The lowest BCUT2D eigenvalue weighted by Gasteiger charge is -2.24. The van der Waals surface area contributed by atoms with Gasteiger partial charge in [0.15, 0.2) is 0 Å². The molecule has 1 aromatic carbocycles. The molecule has 1 rings (SSSR count). The van der Waals surface area contributed by atoms with E-state index in [2.05, 4.69) is 0 Å². The molecule has 0 saturated carbocycles. The number of rotatable bonds is 6. The van der Waals surface area contributed by atoms with Crippen LogP contribution in [0.2, 0.25) is 0 Å². The monoisotopic (exact) mass is 268 g/mol. The van der Waals surface area contributed by atoms with Crippen molar-refractivity contribution in [3.8, 4) is 5.75 Å². The van der Waals surface area contributed by atoms with E-state index in [0.717, 1.165) is 0 Å². The molecule has 4 nitrogen and oxygen atoms in total. The molecule has 106 valence electrons. The summed E-state index contributed by atoms with van der Waals surface area (Å²) in [5, 5.41) is 0. The fourth-order valence-corrected chi connectivity index (χ4v) is 1.77. The van der Waals surface area contributed by atoms with Gasteiger partial charge in [0.05, 0.1) is 12.7 Å². The summed E-state index contributed by atoms with van der Waals surface area (Å²) in [6.07, 6.45) is 0. The average Bonchev–Trinajstić information content (AvgIpc) is 2.43. The summed E-state index contributed by atoms with van der Waals surface area (Å²) in [5.74, 6) is -0.302. The second-order valence-corrected chi connectivity index (χ2v) is 4.53. The molecular weight excluding hydrogens is 247 g/mol. The maximum Gasteiger partial charge on any atom is 0.256 e. The quantitative estimate of drug-likeness (QED) is 0.857. The first kappa shape index (κ1) is 15.4. The largest absolute Gasteiger partial charge is 0.497 e. The van der Waals surface area contributed by atoms with Crippen LogP contribution >= 0.6 is 0 Å². The van der Waals surface area contributed by atoms with Crippen molar-refractivity contribution in [3.05, 3.63) is 29.6 Å². The SMILES string of the molecule is CCN(CC(C)CN)C(=O)c1ccc(OC)cc1F. The van der Waals surface area contributed by atoms with Crippen LogP contribution in [0.4, 0.5) is 4.39 Å². The fraction of sp³-hybridized carbons (Fsp3) is 0.500. The van der Waals surface area contributed by atoms with Crippen LogP contribution in [0.25, 0.3) is 0 Å². The molecule has 2 N–H and O–H groups in total. The van der Waals surface area contributed by atoms with Gasteiger partial charge in [-0.05, 0) is 31.5 Å². The Balaban J connectivity index is 2.91. The van der Waals surface area contributed by atoms with Crippen molar-refractivity contribution in [2.24, 2.45) is 11.7 Å². The van der Waals surface area contributed by atoms with Gasteiger partial charge >= 0.3 is 0 Å². The number of carbonyl (C=O) groups excluding carboxylic acids is 1. The minimum Gasteiger partial charge on any atom is -0.497 e. The number of carbonyl (C=O) groups is 1. The number of ether oxygens (including phenoxy) is 1. The standard InChI is InChI=1S/C14H21FN2O2/c1-4-17(9-10(2)8-16)14(18)12-6-5-11(19-3)7-13(12)15/h5-7,10H,4,8-9,16H2,1-3H3. The van der Waals surface area contributed by atoms with Gasteiger partial charge in [-0.1, -0.05) is 6.92 Å². The lowest BCUT2D eigenvalue weighted by atomic mass is 10.1. The highest BCUT2D eigenvalue weighted by atomic mass is 19.1. The molecule has 0 heterocycles. The van der Waals surface area contributed by atoms with Gasteiger partial charge in [0.1, 0.15) is 11.6 Å². The van der Waals surface area contributed by atoms with Gasteiger partial charge in [-0.2, -0.15) is 0 Å². The third-order valence-electron chi connectivity index (χ3n) is 3.01. The summed E-state index contributed by atoms with van der Waals surface area (Å²) in [7, 11) is 1.46. The van der Waals surface area contributed by atoms with E-state index < -0.39 is 5.82 Å². The first-order valence-electron chi connectivity index (χ1n) is 6.36. The molecule has 0 spiro atoms. The Morgan fingerprint density at radius 3 is 2.68 bits per heavy atom. The number of halogens is 1. The third-order valence-corrected chi connectivity index (χ3v) is 3.01. The molecule has 1 atom stereocenters. The minimum absolute atomic E-state index is 0.0619. The van der Waals surface area contributed by atoms with Gasteiger partial charge in [-0.3, -0.25) is 4.79 Å². The van der Waals surface area contributed by atoms with Crippen LogP contribution in [-0.4, -0.2) is 37.6 Å². The molecule has 0 aliphatic carbocycles. The molecule has 5 heteroatoms. The summed E-state index contributed by atoms with van der Waals surface area (Å²) >= 11 is 0. The molecule has 0 radical (unpaired) electrons. The van der Waals surface area contributed by atoms with Crippen LogP contribution < -0.4 is 10.5 Å². The maximum absolute atomic E-state index is 13.9. The molecule has 19 heavy (non-hydrogen) atoms. The lowest BCUT2D eigenvalue weighted by molar-refractivity contribution is 0.0739. The van der Waals surface area contributed by atoms with Gasteiger partial charge in [0, 0.05) is 19.2 Å². The Kier molecular flexibility index (Phi) is 5.76. The number of methoxy groups -OCH3 is 1. The highest BCUT2D eigenvalue weighted by molar-refractivity contribution is 5.94. The topological polar surface area (TPSA) is 55.6 Å². The molecule has 0 bridgehead atoms. The number of amides is 1. The molecule has 0 fully saturated rings. The molecule has 0 saturated heterocycles. The van der Waals surface area contributed by atoms with E-state index in [9.17, 15) is 9.18 Å². The maximum atomic E-state index is 13.9. The van der Waals surface area contributed by atoms with Crippen molar-refractivity contribution in [2.75, 3.05) is 26.7 Å². The van der Waals surface area contributed by atoms with Crippen LogP contribution in [0.1, 0.15) is 24.2 Å². The third kappa shape index (κ3) is 3.92. The second kappa shape index (κ2) is 7.09.